The number of halogens is 1. The van der Waals surface area contributed by atoms with E-state index in [1.165, 1.54) is 39.1 Å². The van der Waals surface area contributed by atoms with Gasteiger partial charge in [-0.25, -0.2) is 0 Å². The Morgan fingerprint density at radius 1 is 1.10 bits per heavy atom. The Kier molecular flexibility index (Phi) is 13.1. The first-order chi connectivity index (χ1) is 13.8. The maximum absolute atomic E-state index is 6.14. The fourth-order valence-corrected chi connectivity index (χ4v) is 4.61. The van der Waals surface area contributed by atoms with E-state index in [9.17, 15) is 0 Å². The zero-order valence-electron chi connectivity index (χ0n) is 20.4. The minimum absolute atomic E-state index is 0. The molecular formula is C23H48IN5O. The van der Waals surface area contributed by atoms with Crippen molar-refractivity contribution in [3.8, 4) is 0 Å². The van der Waals surface area contributed by atoms with Crippen molar-refractivity contribution >= 4 is 29.9 Å². The summed E-state index contributed by atoms with van der Waals surface area (Å²) in [6.07, 6.45) is 2.70. The summed E-state index contributed by atoms with van der Waals surface area (Å²) in [6, 6.07) is 0. The van der Waals surface area contributed by atoms with E-state index >= 15 is 0 Å². The molecule has 2 N–H and O–H groups in total. The molecule has 0 bridgehead atoms. The summed E-state index contributed by atoms with van der Waals surface area (Å²) in [5, 5.41) is 7.03. The number of hydrogen-bond donors (Lipinski definition) is 2. The van der Waals surface area contributed by atoms with E-state index in [1.54, 1.807) is 0 Å². The zero-order chi connectivity index (χ0) is 21.3. The third-order valence-electron chi connectivity index (χ3n) is 6.22. The molecule has 0 aromatic carbocycles. The number of nitrogens with zero attached hydrogens (tertiary/aromatic N) is 3. The Balaban J connectivity index is 0.00000450. The maximum atomic E-state index is 6.14. The van der Waals surface area contributed by atoms with Crippen LogP contribution in [0.25, 0.3) is 0 Å². The molecule has 3 unspecified atom stereocenters. The highest BCUT2D eigenvalue weighted by Crippen LogP contribution is 2.33. The van der Waals surface area contributed by atoms with Crippen LogP contribution in [0.2, 0.25) is 0 Å². The Labute approximate surface area is 203 Å². The van der Waals surface area contributed by atoms with Crippen LogP contribution in [-0.4, -0.2) is 87.4 Å². The summed E-state index contributed by atoms with van der Waals surface area (Å²) in [5.41, 5.74) is 0.179. The van der Waals surface area contributed by atoms with Gasteiger partial charge in [-0.3, -0.25) is 4.99 Å². The lowest BCUT2D eigenvalue weighted by Gasteiger charge is -2.40. The van der Waals surface area contributed by atoms with Gasteiger partial charge in [0.25, 0.3) is 0 Å². The van der Waals surface area contributed by atoms with Gasteiger partial charge in [-0.2, -0.15) is 0 Å². The van der Waals surface area contributed by atoms with Gasteiger partial charge in [-0.15, -0.1) is 24.0 Å². The smallest absolute Gasteiger partial charge is 0.191 e. The van der Waals surface area contributed by atoms with Gasteiger partial charge in [0, 0.05) is 64.9 Å². The summed E-state index contributed by atoms with van der Waals surface area (Å²) < 4.78 is 6.14. The number of hydrogen-bond acceptors (Lipinski definition) is 4. The maximum Gasteiger partial charge on any atom is 0.191 e. The van der Waals surface area contributed by atoms with E-state index in [2.05, 4.69) is 62.0 Å². The van der Waals surface area contributed by atoms with Gasteiger partial charge >= 0.3 is 0 Å². The number of piperazine rings is 1. The quantitative estimate of drug-likeness (QED) is 0.283. The molecule has 0 aromatic rings. The van der Waals surface area contributed by atoms with Crippen molar-refractivity contribution in [2.75, 3.05) is 65.5 Å². The number of ether oxygens (including phenoxy) is 1. The van der Waals surface area contributed by atoms with Gasteiger partial charge < -0.3 is 25.2 Å². The molecule has 0 spiro atoms. The molecule has 2 heterocycles. The van der Waals surface area contributed by atoms with Crippen molar-refractivity contribution in [1.82, 2.24) is 20.4 Å². The van der Waals surface area contributed by atoms with Gasteiger partial charge in [0.2, 0.25) is 0 Å². The zero-order valence-corrected chi connectivity index (χ0v) is 22.7. The van der Waals surface area contributed by atoms with Crippen molar-refractivity contribution in [3.05, 3.63) is 0 Å². The van der Waals surface area contributed by atoms with Gasteiger partial charge in [-0.05, 0) is 37.6 Å². The first kappa shape index (κ1) is 27.9. The molecule has 178 valence electrons. The lowest BCUT2D eigenvalue weighted by atomic mass is 9.78. The lowest BCUT2D eigenvalue weighted by Crippen LogP contribution is -2.48. The fraction of sp³-hybridized carbons (Fsp3) is 0.957. The van der Waals surface area contributed by atoms with Gasteiger partial charge in [0.1, 0.15) is 0 Å². The van der Waals surface area contributed by atoms with Crippen LogP contribution in [0.3, 0.4) is 0 Å². The normalized spacial score (nSPS) is 25.5. The van der Waals surface area contributed by atoms with E-state index in [0.717, 1.165) is 45.2 Å². The molecule has 2 fully saturated rings. The van der Waals surface area contributed by atoms with Crippen LogP contribution in [0.1, 0.15) is 54.4 Å². The molecule has 0 radical (unpaired) electrons. The molecule has 2 aliphatic rings. The van der Waals surface area contributed by atoms with Crippen molar-refractivity contribution in [1.29, 1.82) is 0 Å². The molecule has 2 saturated heterocycles. The molecule has 0 amide bonds. The topological polar surface area (TPSA) is 52.1 Å². The number of aliphatic imine (C=N–C) groups is 1. The van der Waals surface area contributed by atoms with E-state index in [1.807, 2.05) is 0 Å². The average molecular weight is 538 g/mol. The average Bonchev–Trinajstić information content (AvgIpc) is 2.70. The number of rotatable bonds is 8. The van der Waals surface area contributed by atoms with Crippen LogP contribution in [0.15, 0.2) is 4.99 Å². The van der Waals surface area contributed by atoms with Crippen LogP contribution in [0.5, 0.6) is 0 Å². The molecule has 30 heavy (non-hydrogen) atoms. The Bertz CT molecular complexity index is 488. The molecule has 7 heteroatoms. The highest BCUT2D eigenvalue weighted by Gasteiger charge is 2.35. The minimum Gasteiger partial charge on any atom is -0.377 e. The van der Waals surface area contributed by atoms with Crippen molar-refractivity contribution in [2.24, 2.45) is 22.2 Å². The van der Waals surface area contributed by atoms with Crippen LogP contribution in [0.4, 0.5) is 0 Å². The number of nitrogens with one attached hydrogen (secondary N) is 2. The summed E-state index contributed by atoms with van der Waals surface area (Å²) in [4.78, 5) is 10.0. The summed E-state index contributed by atoms with van der Waals surface area (Å²) in [6.45, 7) is 24.3. The molecule has 2 rings (SSSR count). The molecule has 6 nitrogen and oxygen atoms in total. The largest absolute Gasteiger partial charge is 0.377 e. The number of likely N-dealkylation sites (N-methyl/N-ethyl adjacent to an activating group) is 1. The highest BCUT2D eigenvalue weighted by atomic mass is 127. The Morgan fingerprint density at radius 3 is 2.37 bits per heavy atom. The second-order valence-corrected chi connectivity index (χ2v) is 10.0. The van der Waals surface area contributed by atoms with E-state index in [4.69, 9.17) is 9.73 Å². The first-order valence-corrected chi connectivity index (χ1v) is 11.9. The first-order valence-electron chi connectivity index (χ1n) is 11.9. The monoisotopic (exact) mass is 537 g/mol. The predicted octanol–water partition coefficient (Wildman–Crippen LogP) is 3.27. The van der Waals surface area contributed by atoms with Gasteiger partial charge in [-0.1, -0.05) is 34.6 Å². The second kappa shape index (κ2) is 14.1. The highest BCUT2D eigenvalue weighted by molar-refractivity contribution is 14.0. The molecule has 2 aliphatic heterocycles. The van der Waals surface area contributed by atoms with E-state index in [0.29, 0.717) is 17.9 Å². The van der Waals surface area contributed by atoms with Crippen molar-refractivity contribution in [2.45, 2.75) is 60.5 Å². The molecular weight excluding hydrogens is 489 g/mol. The third kappa shape index (κ3) is 9.57. The van der Waals surface area contributed by atoms with Crippen LogP contribution >= 0.6 is 24.0 Å². The Morgan fingerprint density at radius 2 is 1.77 bits per heavy atom. The van der Waals surface area contributed by atoms with E-state index in [-0.39, 0.29) is 29.4 Å². The lowest BCUT2D eigenvalue weighted by molar-refractivity contribution is -0.0835. The van der Waals surface area contributed by atoms with Gasteiger partial charge in [0.15, 0.2) is 5.96 Å². The molecule has 0 aliphatic carbocycles. The Hall–Kier alpha value is -0.120. The summed E-state index contributed by atoms with van der Waals surface area (Å²) in [5.74, 6) is 2.06. The fourth-order valence-electron chi connectivity index (χ4n) is 4.61. The van der Waals surface area contributed by atoms with Crippen molar-refractivity contribution < 1.29 is 4.74 Å². The van der Waals surface area contributed by atoms with E-state index < -0.39 is 0 Å². The van der Waals surface area contributed by atoms with Crippen LogP contribution < -0.4 is 10.6 Å². The number of guanidine groups is 1. The third-order valence-corrected chi connectivity index (χ3v) is 6.22. The van der Waals surface area contributed by atoms with Crippen LogP contribution in [-0.2, 0) is 4.74 Å². The minimum atomic E-state index is 0. The van der Waals surface area contributed by atoms with Crippen LogP contribution in [0, 0.1) is 17.3 Å². The second-order valence-electron chi connectivity index (χ2n) is 10.0. The SMILES string of the molecule is CCNC(=NCC(C)CN1CCN(CC)CC1)NCC1CCCOC1C(C)(C)C.I. The standard InChI is InChI=1S/C23H47N5O.HI/c1-7-24-22(26-17-20-10-9-15-29-21(20)23(4,5)6)25-16-19(3)18-28-13-11-27(8-2)12-14-28;/h19-21H,7-18H2,1-6H3,(H2,24,25,26);1H. The predicted molar refractivity (Wildman–Crippen MR) is 139 cm³/mol. The molecule has 3 atom stereocenters. The summed E-state index contributed by atoms with van der Waals surface area (Å²) >= 11 is 0. The summed E-state index contributed by atoms with van der Waals surface area (Å²) in [7, 11) is 0. The van der Waals surface area contributed by atoms with Crippen molar-refractivity contribution in [3.63, 3.8) is 0 Å². The molecule has 0 aromatic heterocycles. The molecule has 0 saturated carbocycles. The van der Waals surface area contributed by atoms with Gasteiger partial charge in [0.05, 0.1) is 6.10 Å².